The standard InChI is InChI=1S/C14H18ClNO4S/c1-9(14(17)20-2)8-21(18,19)16-13-7-6-10-11(13)4-3-5-12(10)15/h3-5,9,13,16H,6-8H2,1-2H3/t9-,13+/m0/s1. The van der Waals surface area contributed by atoms with E-state index in [2.05, 4.69) is 9.46 Å². The van der Waals surface area contributed by atoms with E-state index in [1.807, 2.05) is 12.1 Å². The molecule has 0 bridgehead atoms. The summed E-state index contributed by atoms with van der Waals surface area (Å²) in [6.07, 6.45) is 1.42. The van der Waals surface area contributed by atoms with E-state index in [0.29, 0.717) is 11.4 Å². The van der Waals surface area contributed by atoms with Gasteiger partial charge in [0, 0.05) is 11.1 Å². The summed E-state index contributed by atoms with van der Waals surface area (Å²) < 4.78 is 31.5. The Bertz CT molecular complexity index is 644. The maximum atomic E-state index is 12.2. The van der Waals surface area contributed by atoms with Gasteiger partial charge in [-0.15, -0.1) is 0 Å². The Morgan fingerprint density at radius 2 is 2.24 bits per heavy atom. The van der Waals surface area contributed by atoms with Crippen molar-refractivity contribution in [2.45, 2.75) is 25.8 Å². The predicted octanol–water partition coefficient (Wildman–Crippen LogP) is 2.06. The Balaban J connectivity index is 2.10. The van der Waals surface area contributed by atoms with Crippen molar-refractivity contribution in [2.24, 2.45) is 5.92 Å². The van der Waals surface area contributed by atoms with Crippen molar-refractivity contribution in [2.75, 3.05) is 12.9 Å². The Morgan fingerprint density at radius 3 is 2.90 bits per heavy atom. The smallest absolute Gasteiger partial charge is 0.309 e. The lowest BCUT2D eigenvalue weighted by Gasteiger charge is -2.16. The summed E-state index contributed by atoms with van der Waals surface area (Å²) in [6.45, 7) is 1.53. The van der Waals surface area contributed by atoms with Crippen molar-refractivity contribution in [3.05, 3.63) is 34.3 Å². The number of carbonyl (C=O) groups is 1. The molecule has 2 atom stereocenters. The monoisotopic (exact) mass is 331 g/mol. The normalized spacial score (nSPS) is 19.1. The first kappa shape index (κ1) is 16.3. The number of halogens is 1. The zero-order valence-corrected chi connectivity index (χ0v) is 13.5. The summed E-state index contributed by atoms with van der Waals surface area (Å²) in [5.74, 6) is -1.52. The molecule has 116 valence electrons. The molecule has 2 rings (SSSR count). The van der Waals surface area contributed by atoms with E-state index >= 15 is 0 Å². The highest BCUT2D eigenvalue weighted by atomic mass is 35.5. The number of ether oxygens (including phenoxy) is 1. The van der Waals surface area contributed by atoms with Crippen molar-refractivity contribution >= 4 is 27.6 Å². The zero-order chi connectivity index (χ0) is 15.6. The Hall–Kier alpha value is -1.11. The highest BCUT2D eigenvalue weighted by molar-refractivity contribution is 7.89. The Kier molecular flexibility index (Phi) is 4.91. The molecule has 7 heteroatoms. The molecule has 0 heterocycles. The Labute approximate surface area is 129 Å². The van der Waals surface area contributed by atoms with E-state index in [9.17, 15) is 13.2 Å². The van der Waals surface area contributed by atoms with Crippen LogP contribution < -0.4 is 4.72 Å². The van der Waals surface area contributed by atoms with Crippen LogP contribution in [0.4, 0.5) is 0 Å². The summed E-state index contributed by atoms with van der Waals surface area (Å²) in [5, 5.41) is 0.664. The molecule has 5 nitrogen and oxygen atoms in total. The summed E-state index contributed by atoms with van der Waals surface area (Å²) in [7, 11) is -2.32. The zero-order valence-electron chi connectivity index (χ0n) is 11.9. The second kappa shape index (κ2) is 6.34. The number of sulfonamides is 1. The first-order valence-electron chi connectivity index (χ1n) is 6.69. The van der Waals surface area contributed by atoms with Crippen LogP contribution in [0.5, 0.6) is 0 Å². The fourth-order valence-corrected chi connectivity index (χ4v) is 4.44. The van der Waals surface area contributed by atoms with Crippen LogP contribution in [0, 0.1) is 5.92 Å². The summed E-state index contributed by atoms with van der Waals surface area (Å²) >= 11 is 6.11. The molecular formula is C14H18ClNO4S. The molecule has 1 aliphatic carbocycles. The minimum atomic E-state index is -3.57. The minimum Gasteiger partial charge on any atom is -0.469 e. The molecule has 1 N–H and O–H groups in total. The van der Waals surface area contributed by atoms with Gasteiger partial charge in [-0.1, -0.05) is 30.7 Å². The highest BCUT2D eigenvalue weighted by Gasteiger charge is 2.30. The number of esters is 1. The van der Waals surface area contributed by atoms with Crippen LogP contribution in [-0.4, -0.2) is 27.2 Å². The van der Waals surface area contributed by atoms with Crippen molar-refractivity contribution < 1.29 is 17.9 Å². The number of fused-ring (bicyclic) bond motifs is 1. The molecule has 1 aliphatic rings. The van der Waals surface area contributed by atoms with Crippen molar-refractivity contribution in [3.63, 3.8) is 0 Å². The van der Waals surface area contributed by atoms with Gasteiger partial charge in [0.1, 0.15) is 0 Å². The van der Waals surface area contributed by atoms with Crippen LogP contribution in [0.3, 0.4) is 0 Å². The molecule has 0 saturated heterocycles. The van der Waals surface area contributed by atoms with Gasteiger partial charge in [0.25, 0.3) is 0 Å². The van der Waals surface area contributed by atoms with Gasteiger partial charge in [-0.2, -0.15) is 0 Å². The van der Waals surface area contributed by atoms with Gasteiger partial charge in [-0.25, -0.2) is 13.1 Å². The molecule has 1 aromatic rings. The van der Waals surface area contributed by atoms with E-state index < -0.39 is 21.9 Å². The second-order valence-corrected chi connectivity index (χ2v) is 7.43. The van der Waals surface area contributed by atoms with Gasteiger partial charge >= 0.3 is 5.97 Å². The molecule has 0 amide bonds. The third kappa shape index (κ3) is 3.75. The maximum Gasteiger partial charge on any atom is 0.309 e. The molecule has 21 heavy (non-hydrogen) atoms. The summed E-state index contributed by atoms with van der Waals surface area (Å²) in [5.41, 5.74) is 1.91. The Morgan fingerprint density at radius 1 is 1.52 bits per heavy atom. The number of hydrogen-bond acceptors (Lipinski definition) is 4. The van der Waals surface area contributed by atoms with Gasteiger partial charge in [0.15, 0.2) is 0 Å². The number of hydrogen-bond donors (Lipinski definition) is 1. The average Bonchev–Trinajstić information content (AvgIpc) is 2.81. The molecule has 0 spiro atoms. The van der Waals surface area contributed by atoms with Crippen molar-refractivity contribution in [1.82, 2.24) is 4.72 Å². The largest absolute Gasteiger partial charge is 0.469 e. The minimum absolute atomic E-state index is 0.284. The molecule has 0 saturated carbocycles. The first-order chi connectivity index (χ1) is 9.84. The number of rotatable bonds is 5. The lowest BCUT2D eigenvalue weighted by Crippen LogP contribution is -2.34. The van der Waals surface area contributed by atoms with Crippen LogP contribution in [0.2, 0.25) is 5.02 Å². The number of methoxy groups -OCH3 is 1. The fourth-order valence-electron chi connectivity index (χ4n) is 2.60. The quantitative estimate of drug-likeness (QED) is 0.838. The van der Waals surface area contributed by atoms with Gasteiger partial charge in [0.2, 0.25) is 10.0 Å². The number of carbonyl (C=O) groups excluding carboxylic acids is 1. The van der Waals surface area contributed by atoms with E-state index in [1.165, 1.54) is 14.0 Å². The van der Waals surface area contributed by atoms with E-state index in [0.717, 1.165) is 17.5 Å². The first-order valence-corrected chi connectivity index (χ1v) is 8.72. The number of benzene rings is 1. The van der Waals surface area contributed by atoms with Crippen molar-refractivity contribution in [1.29, 1.82) is 0 Å². The van der Waals surface area contributed by atoms with Gasteiger partial charge in [0.05, 0.1) is 18.8 Å². The van der Waals surface area contributed by atoms with E-state index in [4.69, 9.17) is 11.6 Å². The van der Waals surface area contributed by atoms with Gasteiger partial charge < -0.3 is 4.74 Å². The number of nitrogens with one attached hydrogen (secondary N) is 1. The predicted molar refractivity (Wildman–Crippen MR) is 80.6 cm³/mol. The van der Waals surface area contributed by atoms with E-state index in [-0.39, 0.29) is 11.8 Å². The van der Waals surface area contributed by atoms with Gasteiger partial charge in [-0.3, -0.25) is 4.79 Å². The van der Waals surface area contributed by atoms with Crippen LogP contribution in [0.25, 0.3) is 0 Å². The van der Waals surface area contributed by atoms with Gasteiger partial charge in [-0.05, 0) is 30.0 Å². The lowest BCUT2D eigenvalue weighted by atomic mass is 10.1. The van der Waals surface area contributed by atoms with E-state index in [1.54, 1.807) is 6.07 Å². The van der Waals surface area contributed by atoms with Crippen LogP contribution >= 0.6 is 11.6 Å². The summed E-state index contributed by atoms with van der Waals surface area (Å²) in [6, 6.07) is 5.21. The molecule has 1 aromatic carbocycles. The molecule has 0 aromatic heterocycles. The fraction of sp³-hybridized carbons (Fsp3) is 0.500. The van der Waals surface area contributed by atoms with Crippen LogP contribution in [0.15, 0.2) is 18.2 Å². The lowest BCUT2D eigenvalue weighted by molar-refractivity contribution is -0.144. The summed E-state index contributed by atoms with van der Waals surface area (Å²) in [4.78, 5) is 11.3. The average molecular weight is 332 g/mol. The third-order valence-corrected chi connectivity index (χ3v) is 5.54. The molecular weight excluding hydrogens is 314 g/mol. The molecule has 0 unspecified atom stereocenters. The second-order valence-electron chi connectivity index (χ2n) is 5.22. The SMILES string of the molecule is COC(=O)[C@@H](C)CS(=O)(=O)N[C@@H]1CCc2c(Cl)cccc21. The molecule has 0 radical (unpaired) electrons. The van der Waals surface area contributed by atoms with Crippen LogP contribution in [0.1, 0.15) is 30.5 Å². The third-order valence-electron chi connectivity index (χ3n) is 3.61. The maximum absolute atomic E-state index is 12.2. The van der Waals surface area contributed by atoms with Crippen LogP contribution in [-0.2, 0) is 26.0 Å². The topological polar surface area (TPSA) is 72.5 Å². The van der Waals surface area contributed by atoms with Crippen molar-refractivity contribution in [3.8, 4) is 0 Å². The molecule has 0 fully saturated rings. The highest BCUT2D eigenvalue weighted by Crippen LogP contribution is 2.35. The molecule has 0 aliphatic heterocycles.